The minimum atomic E-state index is -0.417. The Morgan fingerprint density at radius 2 is 1.43 bits per heavy atom. The molecule has 4 aromatic carbocycles. The van der Waals surface area contributed by atoms with Crippen molar-refractivity contribution in [1.82, 2.24) is 10.6 Å². The second kappa shape index (κ2) is 11.7. The Bertz CT molecular complexity index is 1320. The molecule has 0 radical (unpaired) electrons. The van der Waals surface area contributed by atoms with Crippen LogP contribution in [0.4, 0.5) is 0 Å². The maximum atomic E-state index is 13.1. The van der Waals surface area contributed by atoms with Crippen LogP contribution in [0.2, 0.25) is 5.02 Å². The molecule has 0 heterocycles. The van der Waals surface area contributed by atoms with E-state index in [-0.39, 0.29) is 5.70 Å². The van der Waals surface area contributed by atoms with Crippen molar-refractivity contribution in [1.29, 1.82) is 0 Å². The summed E-state index contributed by atoms with van der Waals surface area (Å²) in [5.74, 6) is 0.480. The lowest BCUT2D eigenvalue weighted by Gasteiger charge is -2.12. The SMILES string of the molecule is O=C(NCc1ccccc1)/C(=C\c1cccc(Oc2ccccc2)c1)NC(=O)c1ccc(Cl)cc1. The van der Waals surface area contributed by atoms with Gasteiger partial charge in [0.1, 0.15) is 17.2 Å². The molecule has 0 aromatic heterocycles. The molecule has 0 fully saturated rings. The van der Waals surface area contributed by atoms with E-state index >= 15 is 0 Å². The van der Waals surface area contributed by atoms with E-state index in [4.69, 9.17) is 16.3 Å². The first kappa shape index (κ1) is 23.8. The zero-order chi connectivity index (χ0) is 24.5. The van der Waals surface area contributed by atoms with Gasteiger partial charge >= 0.3 is 0 Å². The minimum Gasteiger partial charge on any atom is -0.457 e. The summed E-state index contributed by atoms with van der Waals surface area (Å²) in [7, 11) is 0. The molecule has 0 spiro atoms. The number of hydrogen-bond donors (Lipinski definition) is 2. The van der Waals surface area contributed by atoms with E-state index in [2.05, 4.69) is 10.6 Å². The predicted octanol–water partition coefficient (Wildman–Crippen LogP) is 6.22. The van der Waals surface area contributed by atoms with E-state index in [9.17, 15) is 9.59 Å². The molecular formula is C29H23ClN2O3. The van der Waals surface area contributed by atoms with Gasteiger partial charge in [0, 0.05) is 17.1 Å². The van der Waals surface area contributed by atoms with Crippen LogP contribution < -0.4 is 15.4 Å². The summed E-state index contributed by atoms with van der Waals surface area (Å²) in [6, 6.07) is 32.7. The fourth-order valence-electron chi connectivity index (χ4n) is 3.29. The predicted molar refractivity (Wildman–Crippen MR) is 138 cm³/mol. The van der Waals surface area contributed by atoms with E-state index < -0.39 is 11.8 Å². The highest BCUT2D eigenvalue weighted by atomic mass is 35.5. The minimum absolute atomic E-state index is 0.109. The molecule has 0 saturated carbocycles. The molecule has 0 aliphatic rings. The van der Waals surface area contributed by atoms with Gasteiger partial charge in [-0.05, 0) is 65.7 Å². The third kappa shape index (κ3) is 7.06. The number of hydrogen-bond acceptors (Lipinski definition) is 3. The van der Waals surface area contributed by atoms with Gasteiger partial charge in [0.25, 0.3) is 11.8 Å². The lowest BCUT2D eigenvalue weighted by molar-refractivity contribution is -0.117. The first-order valence-electron chi connectivity index (χ1n) is 11.0. The molecule has 2 amide bonds. The number of nitrogens with one attached hydrogen (secondary N) is 2. The Kier molecular flexibility index (Phi) is 7.94. The smallest absolute Gasteiger partial charge is 0.268 e. The zero-order valence-corrected chi connectivity index (χ0v) is 19.5. The van der Waals surface area contributed by atoms with Gasteiger partial charge in [-0.25, -0.2) is 0 Å². The van der Waals surface area contributed by atoms with Gasteiger partial charge in [-0.1, -0.05) is 72.3 Å². The molecule has 4 rings (SSSR count). The average molecular weight is 483 g/mol. The second-order valence-electron chi connectivity index (χ2n) is 7.67. The Balaban J connectivity index is 1.57. The number of ether oxygens (including phenoxy) is 1. The van der Waals surface area contributed by atoms with Crippen LogP contribution in [0.25, 0.3) is 6.08 Å². The average Bonchev–Trinajstić information content (AvgIpc) is 2.88. The first-order valence-corrected chi connectivity index (χ1v) is 11.4. The number of amides is 2. The van der Waals surface area contributed by atoms with Gasteiger partial charge in [0.15, 0.2) is 0 Å². The highest BCUT2D eigenvalue weighted by molar-refractivity contribution is 6.30. The summed E-state index contributed by atoms with van der Waals surface area (Å²) in [5, 5.41) is 6.12. The van der Waals surface area contributed by atoms with Gasteiger partial charge in [0.05, 0.1) is 0 Å². The molecule has 174 valence electrons. The van der Waals surface area contributed by atoms with Crippen molar-refractivity contribution in [3.05, 3.63) is 137 Å². The van der Waals surface area contributed by atoms with Crippen LogP contribution in [0.5, 0.6) is 11.5 Å². The van der Waals surface area contributed by atoms with Crippen LogP contribution in [0.15, 0.2) is 115 Å². The number of halogens is 1. The summed E-state index contributed by atoms with van der Waals surface area (Å²) in [6.45, 7) is 0.324. The Morgan fingerprint density at radius 1 is 0.771 bits per heavy atom. The first-order chi connectivity index (χ1) is 17.1. The van der Waals surface area contributed by atoms with Crippen LogP contribution in [0.1, 0.15) is 21.5 Å². The molecule has 2 N–H and O–H groups in total. The highest BCUT2D eigenvalue weighted by Crippen LogP contribution is 2.23. The maximum Gasteiger partial charge on any atom is 0.268 e. The quantitative estimate of drug-likeness (QED) is 0.293. The fourth-order valence-corrected chi connectivity index (χ4v) is 3.41. The lowest BCUT2D eigenvalue weighted by Crippen LogP contribution is -2.34. The van der Waals surface area contributed by atoms with Gasteiger partial charge < -0.3 is 15.4 Å². The summed E-state index contributed by atoms with van der Waals surface area (Å²) in [5.41, 5.74) is 2.14. The van der Waals surface area contributed by atoms with E-state index in [0.29, 0.717) is 34.2 Å². The fraction of sp³-hybridized carbons (Fsp3) is 0.0345. The maximum absolute atomic E-state index is 13.1. The number of para-hydroxylation sites is 1. The van der Waals surface area contributed by atoms with Crippen LogP contribution in [0, 0.1) is 0 Å². The molecule has 35 heavy (non-hydrogen) atoms. The summed E-state index contributed by atoms with van der Waals surface area (Å²) in [6.07, 6.45) is 1.62. The molecule has 0 unspecified atom stereocenters. The van der Waals surface area contributed by atoms with Crippen molar-refractivity contribution >= 4 is 29.5 Å². The Labute approximate surface area is 209 Å². The van der Waals surface area contributed by atoms with Crippen molar-refractivity contribution < 1.29 is 14.3 Å². The van der Waals surface area contributed by atoms with Crippen LogP contribution in [-0.2, 0) is 11.3 Å². The van der Waals surface area contributed by atoms with Gasteiger partial charge in [-0.15, -0.1) is 0 Å². The summed E-state index contributed by atoms with van der Waals surface area (Å²) in [4.78, 5) is 25.9. The third-order valence-electron chi connectivity index (χ3n) is 5.04. The largest absolute Gasteiger partial charge is 0.457 e. The van der Waals surface area contributed by atoms with Crippen LogP contribution >= 0.6 is 11.6 Å². The Hall–Kier alpha value is -4.35. The van der Waals surface area contributed by atoms with Crippen LogP contribution in [-0.4, -0.2) is 11.8 Å². The molecule has 5 nitrogen and oxygen atoms in total. The topological polar surface area (TPSA) is 67.4 Å². The van der Waals surface area contributed by atoms with Crippen molar-refractivity contribution in [3.63, 3.8) is 0 Å². The van der Waals surface area contributed by atoms with Crippen LogP contribution in [0.3, 0.4) is 0 Å². The zero-order valence-electron chi connectivity index (χ0n) is 18.8. The monoisotopic (exact) mass is 482 g/mol. The molecule has 4 aromatic rings. The van der Waals surface area contributed by atoms with Gasteiger partial charge in [-0.2, -0.15) is 0 Å². The van der Waals surface area contributed by atoms with E-state index in [0.717, 1.165) is 5.56 Å². The number of rotatable bonds is 8. The third-order valence-corrected chi connectivity index (χ3v) is 5.30. The lowest BCUT2D eigenvalue weighted by atomic mass is 10.1. The summed E-state index contributed by atoms with van der Waals surface area (Å²) < 4.78 is 5.90. The molecule has 0 aliphatic carbocycles. The number of carbonyl (C=O) groups is 2. The highest BCUT2D eigenvalue weighted by Gasteiger charge is 2.15. The second-order valence-corrected chi connectivity index (χ2v) is 8.11. The Morgan fingerprint density at radius 3 is 2.14 bits per heavy atom. The van der Waals surface area contributed by atoms with Gasteiger partial charge in [-0.3, -0.25) is 9.59 Å². The van der Waals surface area contributed by atoms with Crippen molar-refractivity contribution in [2.75, 3.05) is 0 Å². The van der Waals surface area contributed by atoms with Crippen molar-refractivity contribution in [2.45, 2.75) is 6.54 Å². The number of carbonyl (C=O) groups excluding carboxylic acids is 2. The molecular weight excluding hydrogens is 460 g/mol. The van der Waals surface area contributed by atoms with Gasteiger partial charge in [0.2, 0.25) is 0 Å². The molecule has 0 bridgehead atoms. The molecule has 6 heteroatoms. The molecule has 0 atom stereocenters. The van der Waals surface area contributed by atoms with Crippen molar-refractivity contribution in [3.8, 4) is 11.5 Å². The van der Waals surface area contributed by atoms with E-state index in [1.165, 1.54) is 0 Å². The number of benzene rings is 4. The van der Waals surface area contributed by atoms with E-state index in [1.54, 1.807) is 36.4 Å². The standard InChI is InChI=1S/C29H23ClN2O3/c30-24-16-14-23(15-17-24)28(33)32-27(29(34)31-20-21-8-3-1-4-9-21)19-22-10-7-13-26(18-22)35-25-11-5-2-6-12-25/h1-19H,20H2,(H,31,34)(H,32,33)/b27-19+. The van der Waals surface area contributed by atoms with Crippen molar-refractivity contribution in [2.24, 2.45) is 0 Å². The van der Waals surface area contributed by atoms with E-state index in [1.807, 2.05) is 78.9 Å². The summed E-state index contributed by atoms with van der Waals surface area (Å²) >= 11 is 5.93. The molecule has 0 aliphatic heterocycles. The normalized spacial score (nSPS) is 10.9. The molecule has 0 saturated heterocycles.